The molecule has 0 spiro atoms. The van der Waals surface area contributed by atoms with Gasteiger partial charge in [0.1, 0.15) is 11.5 Å². The van der Waals surface area contributed by atoms with Crippen molar-refractivity contribution in [2.24, 2.45) is 0 Å². The minimum Gasteiger partial charge on any atom is -0.458 e. The fourth-order valence-electron chi connectivity index (χ4n) is 9.33. The van der Waals surface area contributed by atoms with Gasteiger partial charge < -0.3 is 9.64 Å². The van der Waals surface area contributed by atoms with Crippen molar-refractivity contribution < 1.29 is 4.74 Å². The van der Waals surface area contributed by atoms with Crippen molar-refractivity contribution in [2.45, 2.75) is 97.8 Å². The number of hydrogen-bond donors (Lipinski definition) is 0. The molecule has 0 radical (unpaired) electrons. The normalized spacial score (nSPS) is 16.4. The van der Waals surface area contributed by atoms with Crippen LogP contribution in [-0.4, -0.2) is 6.71 Å². The van der Waals surface area contributed by atoms with Gasteiger partial charge in [-0.25, -0.2) is 0 Å². The third-order valence-corrected chi connectivity index (χ3v) is 11.8. The average molecular weight is 628 g/mol. The Morgan fingerprint density at radius 1 is 0.729 bits per heavy atom. The maximum Gasteiger partial charge on any atom is 0.256 e. The van der Waals surface area contributed by atoms with Crippen LogP contribution >= 0.6 is 0 Å². The van der Waals surface area contributed by atoms with Crippen molar-refractivity contribution in [1.82, 2.24) is 0 Å². The Bertz CT molecular complexity index is 2190. The summed E-state index contributed by atoms with van der Waals surface area (Å²) < 4.78 is 6.84. The average Bonchev–Trinajstić information content (AvgIpc) is 3.59. The van der Waals surface area contributed by atoms with Crippen LogP contribution in [0.5, 0.6) is 11.5 Å². The second-order valence-corrected chi connectivity index (χ2v) is 17.4. The van der Waals surface area contributed by atoms with E-state index in [1.165, 1.54) is 86.1 Å². The molecule has 2 nitrogen and oxygen atoms in total. The van der Waals surface area contributed by atoms with Gasteiger partial charge in [0.15, 0.2) is 0 Å². The van der Waals surface area contributed by atoms with Gasteiger partial charge in [-0.15, -0.1) is 0 Å². The Balaban J connectivity index is 1.40. The highest BCUT2D eigenvalue weighted by molar-refractivity contribution is 6.99. The standard InChI is InChI=1S/C45H46BNO/c1-26-23-36-41-38(24-26)48-37-22-16-29(44(5,6)7)25-35(37)46(41)34-21-20-33-39(32-19-13-27-11-10-12-31(27)40(32)45(33,8)9)42(34)47(36)30-17-14-28(15-18-30)43(2,3)4/h13-25H,10-12H2,1-9H3. The summed E-state index contributed by atoms with van der Waals surface area (Å²) >= 11 is 0. The van der Waals surface area contributed by atoms with E-state index in [0.717, 1.165) is 11.5 Å². The minimum atomic E-state index is -0.0673. The van der Waals surface area contributed by atoms with E-state index in [0.29, 0.717) is 0 Å². The lowest BCUT2D eigenvalue weighted by atomic mass is 9.33. The Morgan fingerprint density at radius 3 is 2.19 bits per heavy atom. The van der Waals surface area contributed by atoms with Gasteiger partial charge in [0.25, 0.3) is 6.71 Å². The zero-order chi connectivity index (χ0) is 33.5. The first-order valence-electron chi connectivity index (χ1n) is 17.9. The smallest absolute Gasteiger partial charge is 0.256 e. The quantitative estimate of drug-likeness (QED) is 0.168. The zero-order valence-electron chi connectivity index (χ0n) is 30.1. The third kappa shape index (κ3) is 4.06. The molecule has 0 bridgehead atoms. The van der Waals surface area contributed by atoms with Crippen molar-refractivity contribution in [3.8, 4) is 22.6 Å². The first-order chi connectivity index (χ1) is 22.7. The first-order valence-corrected chi connectivity index (χ1v) is 17.9. The lowest BCUT2D eigenvalue weighted by Gasteiger charge is -2.42. The molecule has 0 saturated carbocycles. The van der Waals surface area contributed by atoms with Crippen LogP contribution in [-0.2, 0) is 29.1 Å². The summed E-state index contributed by atoms with van der Waals surface area (Å²) in [7, 11) is 0. The van der Waals surface area contributed by atoms with Gasteiger partial charge in [0.2, 0.25) is 0 Å². The molecule has 5 aromatic rings. The van der Waals surface area contributed by atoms with Gasteiger partial charge in [-0.3, -0.25) is 0 Å². The van der Waals surface area contributed by atoms with E-state index in [-0.39, 0.29) is 23.0 Å². The van der Waals surface area contributed by atoms with Crippen LogP contribution in [0.25, 0.3) is 11.1 Å². The molecule has 0 saturated heterocycles. The molecule has 0 fully saturated rings. The highest BCUT2D eigenvalue weighted by atomic mass is 16.5. The second kappa shape index (κ2) is 9.68. The first kappa shape index (κ1) is 29.9. The van der Waals surface area contributed by atoms with Crippen LogP contribution in [0.2, 0.25) is 0 Å². The van der Waals surface area contributed by atoms with E-state index in [2.05, 4.69) is 146 Å². The molecule has 9 rings (SSSR count). The van der Waals surface area contributed by atoms with Crippen molar-refractivity contribution in [3.05, 3.63) is 118 Å². The summed E-state index contributed by atoms with van der Waals surface area (Å²) in [6.07, 6.45) is 3.64. The number of benzene rings is 5. The van der Waals surface area contributed by atoms with Crippen molar-refractivity contribution in [1.29, 1.82) is 0 Å². The summed E-state index contributed by atoms with van der Waals surface area (Å²) in [6.45, 7) is 21.0. The van der Waals surface area contributed by atoms with Crippen molar-refractivity contribution in [3.63, 3.8) is 0 Å². The maximum atomic E-state index is 6.84. The molecule has 0 atom stereocenters. The monoisotopic (exact) mass is 627 g/mol. The zero-order valence-corrected chi connectivity index (χ0v) is 30.1. The summed E-state index contributed by atoms with van der Waals surface area (Å²) in [5.41, 5.74) is 20.6. The van der Waals surface area contributed by atoms with E-state index in [4.69, 9.17) is 4.74 Å². The van der Waals surface area contributed by atoms with Crippen LogP contribution in [0.4, 0.5) is 17.1 Å². The van der Waals surface area contributed by atoms with Crippen molar-refractivity contribution >= 4 is 40.2 Å². The summed E-state index contributed by atoms with van der Waals surface area (Å²) in [5, 5.41) is 0. The summed E-state index contributed by atoms with van der Waals surface area (Å²) in [5.74, 6) is 1.96. The molecule has 0 N–H and O–H groups in total. The fourth-order valence-corrected chi connectivity index (χ4v) is 9.33. The Labute approximate surface area is 287 Å². The molecule has 0 amide bonds. The van der Waals surface area contributed by atoms with E-state index in [9.17, 15) is 0 Å². The summed E-state index contributed by atoms with van der Waals surface area (Å²) in [6, 6.07) is 30.7. The minimum absolute atomic E-state index is 0.0328. The predicted octanol–water partition coefficient (Wildman–Crippen LogP) is 9.79. The topological polar surface area (TPSA) is 12.5 Å². The number of aryl methyl sites for hydroxylation is 2. The van der Waals surface area contributed by atoms with E-state index in [1.54, 1.807) is 16.7 Å². The molecule has 3 heteroatoms. The summed E-state index contributed by atoms with van der Waals surface area (Å²) in [4.78, 5) is 2.59. The second-order valence-electron chi connectivity index (χ2n) is 17.4. The van der Waals surface area contributed by atoms with Gasteiger partial charge in [0, 0.05) is 28.0 Å². The molecule has 240 valence electrons. The predicted molar refractivity (Wildman–Crippen MR) is 204 cm³/mol. The Morgan fingerprint density at radius 2 is 1.46 bits per heavy atom. The van der Waals surface area contributed by atoms with E-state index in [1.807, 2.05) is 0 Å². The van der Waals surface area contributed by atoms with Gasteiger partial charge in [-0.05, 0) is 128 Å². The number of hydrogen-bond acceptors (Lipinski definition) is 2. The number of fused-ring (bicyclic) bond motifs is 10. The fraction of sp³-hybridized carbons (Fsp3) is 0.333. The molecule has 48 heavy (non-hydrogen) atoms. The Kier molecular flexibility index (Phi) is 6.03. The van der Waals surface area contributed by atoms with Crippen LogP contribution in [0.15, 0.2) is 78.9 Å². The number of ether oxygens (including phenoxy) is 1. The van der Waals surface area contributed by atoms with Crippen LogP contribution in [0.3, 0.4) is 0 Å². The lowest BCUT2D eigenvalue weighted by Crippen LogP contribution is -2.60. The van der Waals surface area contributed by atoms with Crippen LogP contribution in [0, 0.1) is 6.92 Å². The molecular formula is C45H46BNO. The molecule has 2 heterocycles. The van der Waals surface area contributed by atoms with Crippen molar-refractivity contribution in [2.75, 3.05) is 4.90 Å². The number of anilines is 3. The molecule has 0 unspecified atom stereocenters. The molecule has 4 aliphatic rings. The maximum absolute atomic E-state index is 6.84. The molecule has 2 aliphatic carbocycles. The lowest BCUT2D eigenvalue weighted by molar-refractivity contribution is 0.486. The highest BCUT2D eigenvalue weighted by Gasteiger charge is 2.47. The third-order valence-electron chi connectivity index (χ3n) is 11.8. The molecular weight excluding hydrogens is 581 g/mol. The Hall–Kier alpha value is -4.24. The van der Waals surface area contributed by atoms with Gasteiger partial charge in [-0.2, -0.15) is 0 Å². The number of nitrogens with zero attached hydrogens (tertiary/aromatic N) is 1. The molecule has 2 aliphatic heterocycles. The molecule has 5 aromatic carbocycles. The van der Waals surface area contributed by atoms with Gasteiger partial charge >= 0.3 is 0 Å². The largest absolute Gasteiger partial charge is 0.458 e. The van der Waals surface area contributed by atoms with E-state index >= 15 is 0 Å². The van der Waals surface area contributed by atoms with Gasteiger partial charge in [0.05, 0.1) is 0 Å². The van der Waals surface area contributed by atoms with E-state index < -0.39 is 0 Å². The molecule has 0 aromatic heterocycles. The highest BCUT2D eigenvalue weighted by Crippen LogP contribution is 2.57. The van der Waals surface area contributed by atoms with Gasteiger partial charge in [-0.1, -0.05) is 104 Å². The SMILES string of the molecule is Cc1cc2c3c(c1)N(c1ccc(C(C)(C)C)cc1)c1c(ccc4c1-c1ccc5c(c1C4(C)C)CCC5)B3c1cc(C(C)(C)C)ccc1O2. The van der Waals surface area contributed by atoms with Crippen LogP contribution < -0.4 is 26.0 Å². The number of rotatable bonds is 1. The van der Waals surface area contributed by atoms with Crippen LogP contribution in [0.1, 0.15) is 101 Å².